The molecule has 5 nitrogen and oxygen atoms in total. The summed E-state index contributed by atoms with van der Waals surface area (Å²) in [5, 5.41) is 13.2. The first kappa shape index (κ1) is 18.2. The highest BCUT2D eigenvalue weighted by Gasteiger charge is 2.13. The van der Waals surface area contributed by atoms with Gasteiger partial charge < -0.3 is 15.0 Å². The summed E-state index contributed by atoms with van der Waals surface area (Å²) in [6, 6.07) is 19.9. The number of rotatable bonds is 8. The lowest BCUT2D eigenvalue weighted by atomic mass is 10.2. The third kappa shape index (κ3) is 4.97. The van der Waals surface area contributed by atoms with Crippen LogP contribution < -0.4 is 5.32 Å². The van der Waals surface area contributed by atoms with E-state index in [0.29, 0.717) is 12.2 Å². The summed E-state index contributed by atoms with van der Waals surface area (Å²) in [5.74, 6) is 0.650. The molecule has 26 heavy (non-hydrogen) atoms. The maximum Gasteiger partial charge on any atom is 0.240 e. The number of thioether (sulfide) groups is 1. The molecule has 3 aromatic rings. The van der Waals surface area contributed by atoms with Gasteiger partial charge in [-0.1, -0.05) is 72.4 Å². The van der Waals surface area contributed by atoms with Crippen LogP contribution in [-0.2, 0) is 30.2 Å². The summed E-state index contributed by atoms with van der Waals surface area (Å²) in [6.07, 6.45) is 1.62. The van der Waals surface area contributed by atoms with Crippen LogP contribution in [0.15, 0.2) is 72.0 Å². The zero-order valence-electron chi connectivity index (χ0n) is 14.3. The largest absolute Gasteiger partial charge is 0.390 e. The van der Waals surface area contributed by atoms with Gasteiger partial charge in [0.1, 0.15) is 6.54 Å². The van der Waals surface area contributed by atoms with Crippen LogP contribution in [0.3, 0.4) is 0 Å². The van der Waals surface area contributed by atoms with Crippen molar-refractivity contribution in [2.45, 2.75) is 30.6 Å². The van der Waals surface area contributed by atoms with Gasteiger partial charge in [-0.15, -0.1) is 0 Å². The number of nitrogens with one attached hydrogen (secondary N) is 1. The summed E-state index contributed by atoms with van der Waals surface area (Å²) in [4.78, 5) is 16.7. The zero-order valence-corrected chi connectivity index (χ0v) is 15.2. The van der Waals surface area contributed by atoms with Crippen LogP contribution in [0.1, 0.15) is 16.8 Å². The summed E-state index contributed by atoms with van der Waals surface area (Å²) in [5.41, 5.74) is 2.87. The molecule has 0 saturated carbocycles. The molecule has 1 aromatic heterocycles. The minimum Gasteiger partial charge on any atom is -0.390 e. The third-order valence-electron chi connectivity index (χ3n) is 3.91. The van der Waals surface area contributed by atoms with Gasteiger partial charge in [0.25, 0.3) is 0 Å². The van der Waals surface area contributed by atoms with E-state index in [1.807, 2.05) is 48.5 Å². The van der Waals surface area contributed by atoms with Crippen molar-refractivity contribution in [3.8, 4) is 0 Å². The average molecular weight is 367 g/mol. The number of aliphatic hydroxyl groups is 1. The number of benzene rings is 2. The smallest absolute Gasteiger partial charge is 0.240 e. The zero-order chi connectivity index (χ0) is 18.2. The molecule has 0 atom stereocenters. The van der Waals surface area contributed by atoms with Crippen molar-refractivity contribution in [2.24, 2.45) is 0 Å². The summed E-state index contributed by atoms with van der Waals surface area (Å²) < 4.78 is 1.77. The lowest BCUT2D eigenvalue weighted by Crippen LogP contribution is -2.28. The Kier molecular flexibility index (Phi) is 6.46. The minimum atomic E-state index is -0.148. The van der Waals surface area contributed by atoms with Crippen LogP contribution in [0.4, 0.5) is 0 Å². The van der Waals surface area contributed by atoms with Crippen molar-refractivity contribution in [1.29, 1.82) is 0 Å². The van der Waals surface area contributed by atoms with Crippen molar-refractivity contribution in [1.82, 2.24) is 14.9 Å². The van der Waals surface area contributed by atoms with Crippen LogP contribution >= 0.6 is 11.8 Å². The first-order chi connectivity index (χ1) is 12.8. The van der Waals surface area contributed by atoms with Crippen LogP contribution in [0.25, 0.3) is 0 Å². The van der Waals surface area contributed by atoms with E-state index in [0.717, 1.165) is 16.5 Å². The Morgan fingerprint density at radius 1 is 1.04 bits per heavy atom. The van der Waals surface area contributed by atoms with Crippen molar-refractivity contribution in [3.63, 3.8) is 0 Å². The maximum atomic E-state index is 12.3. The molecule has 1 heterocycles. The topological polar surface area (TPSA) is 67.2 Å². The first-order valence-electron chi connectivity index (χ1n) is 8.39. The molecule has 0 unspecified atom stereocenters. The number of carbonyl (C=O) groups excluding carboxylic acids is 1. The molecule has 1 amide bonds. The quantitative estimate of drug-likeness (QED) is 0.601. The Morgan fingerprint density at radius 2 is 1.69 bits per heavy atom. The SMILES string of the molecule is O=C(Cn1c(CO)cnc1SCc1ccccc1)NCc1ccccc1. The fourth-order valence-corrected chi connectivity index (χ4v) is 3.47. The Balaban J connectivity index is 1.62. The van der Waals surface area contributed by atoms with Gasteiger partial charge in [0.2, 0.25) is 5.91 Å². The molecule has 3 rings (SSSR count). The highest BCUT2D eigenvalue weighted by atomic mass is 32.2. The van der Waals surface area contributed by atoms with Gasteiger partial charge >= 0.3 is 0 Å². The molecule has 2 aromatic carbocycles. The van der Waals surface area contributed by atoms with Crippen molar-refractivity contribution >= 4 is 17.7 Å². The molecule has 6 heteroatoms. The van der Waals surface area contributed by atoms with E-state index >= 15 is 0 Å². The van der Waals surface area contributed by atoms with E-state index < -0.39 is 0 Å². The second-order valence-electron chi connectivity index (χ2n) is 5.81. The van der Waals surface area contributed by atoms with E-state index in [9.17, 15) is 9.90 Å². The van der Waals surface area contributed by atoms with E-state index in [1.165, 1.54) is 5.56 Å². The number of hydrogen-bond acceptors (Lipinski definition) is 4. The number of aromatic nitrogens is 2. The monoisotopic (exact) mass is 367 g/mol. The average Bonchev–Trinajstić information content (AvgIpc) is 3.08. The highest BCUT2D eigenvalue weighted by molar-refractivity contribution is 7.98. The molecule has 134 valence electrons. The Morgan fingerprint density at radius 3 is 2.35 bits per heavy atom. The number of nitrogens with zero attached hydrogens (tertiary/aromatic N) is 2. The number of hydrogen-bond donors (Lipinski definition) is 2. The number of imidazole rings is 1. The molecule has 0 aliphatic carbocycles. The van der Waals surface area contributed by atoms with E-state index in [1.54, 1.807) is 22.5 Å². The Hall–Kier alpha value is -2.57. The second-order valence-corrected chi connectivity index (χ2v) is 6.76. The highest BCUT2D eigenvalue weighted by Crippen LogP contribution is 2.23. The summed E-state index contributed by atoms with van der Waals surface area (Å²) >= 11 is 1.55. The van der Waals surface area contributed by atoms with Gasteiger partial charge in [-0.05, 0) is 11.1 Å². The van der Waals surface area contributed by atoms with Gasteiger partial charge in [-0.3, -0.25) is 4.79 Å². The lowest BCUT2D eigenvalue weighted by Gasteiger charge is -2.11. The van der Waals surface area contributed by atoms with Gasteiger partial charge in [-0.2, -0.15) is 0 Å². The number of carbonyl (C=O) groups is 1. The summed E-state index contributed by atoms with van der Waals surface area (Å²) in [6.45, 7) is 0.472. The molecule has 0 aliphatic heterocycles. The molecule has 2 N–H and O–H groups in total. The molecule has 0 spiro atoms. The molecular weight excluding hydrogens is 346 g/mol. The van der Waals surface area contributed by atoms with Crippen molar-refractivity contribution in [3.05, 3.63) is 83.7 Å². The predicted octanol–water partition coefficient (Wildman–Crippen LogP) is 2.98. The maximum absolute atomic E-state index is 12.3. The standard InChI is InChI=1S/C20H21N3O2S/c24-14-18-12-22-20(26-15-17-9-5-2-6-10-17)23(18)13-19(25)21-11-16-7-3-1-4-8-16/h1-10,12,24H,11,13-15H2,(H,21,25). The lowest BCUT2D eigenvalue weighted by molar-refractivity contribution is -0.122. The van der Waals surface area contributed by atoms with Gasteiger partial charge in [0.15, 0.2) is 5.16 Å². The third-order valence-corrected chi connectivity index (χ3v) is 4.97. The molecular formula is C20H21N3O2S. The molecule has 0 saturated heterocycles. The molecule has 0 radical (unpaired) electrons. The minimum absolute atomic E-state index is 0.108. The van der Waals surface area contributed by atoms with E-state index in [2.05, 4.69) is 22.4 Å². The van der Waals surface area contributed by atoms with Crippen LogP contribution in [0.2, 0.25) is 0 Å². The van der Waals surface area contributed by atoms with Crippen LogP contribution in [-0.4, -0.2) is 20.6 Å². The van der Waals surface area contributed by atoms with Crippen molar-refractivity contribution < 1.29 is 9.90 Å². The fourth-order valence-electron chi connectivity index (χ4n) is 2.52. The van der Waals surface area contributed by atoms with E-state index in [-0.39, 0.29) is 19.1 Å². The summed E-state index contributed by atoms with van der Waals surface area (Å²) in [7, 11) is 0. The van der Waals surface area contributed by atoms with Gasteiger partial charge in [0.05, 0.1) is 18.5 Å². The molecule has 0 fully saturated rings. The number of aliphatic hydroxyl groups excluding tert-OH is 1. The Bertz CT molecular complexity index is 835. The number of amides is 1. The Labute approximate surface area is 157 Å². The molecule has 0 bridgehead atoms. The van der Waals surface area contributed by atoms with E-state index in [4.69, 9.17) is 0 Å². The van der Waals surface area contributed by atoms with Gasteiger partial charge in [-0.25, -0.2) is 4.98 Å². The van der Waals surface area contributed by atoms with Crippen LogP contribution in [0.5, 0.6) is 0 Å². The molecule has 0 aliphatic rings. The predicted molar refractivity (Wildman–Crippen MR) is 102 cm³/mol. The van der Waals surface area contributed by atoms with Gasteiger partial charge in [0, 0.05) is 12.3 Å². The first-order valence-corrected chi connectivity index (χ1v) is 9.37. The van der Waals surface area contributed by atoms with Crippen molar-refractivity contribution in [2.75, 3.05) is 0 Å². The fraction of sp³-hybridized carbons (Fsp3) is 0.200. The second kappa shape index (κ2) is 9.22. The normalized spacial score (nSPS) is 10.7. The van der Waals surface area contributed by atoms with Crippen LogP contribution in [0, 0.1) is 0 Å².